The summed E-state index contributed by atoms with van der Waals surface area (Å²) >= 11 is 0. The number of alkyl halides is 3. The summed E-state index contributed by atoms with van der Waals surface area (Å²) in [7, 11) is 1.46. The number of rotatable bonds is 3. The molecule has 0 N–H and O–H groups in total. The van der Waals surface area contributed by atoms with Crippen molar-refractivity contribution in [2.24, 2.45) is 0 Å². The molecule has 1 aromatic heterocycles. The van der Waals surface area contributed by atoms with Gasteiger partial charge in [0.15, 0.2) is 6.23 Å². The Morgan fingerprint density at radius 3 is 2.45 bits per heavy atom. The molecular weight excluding hydrogens is 269 g/mol. The summed E-state index contributed by atoms with van der Waals surface area (Å²) in [5.74, 6) is 0.687. The minimum absolute atomic E-state index is 0.433. The van der Waals surface area contributed by atoms with Gasteiger partial charge in [-0.1, -0.05) is 12.1 Å². The first-order valence-electron chi connectivity index (χ1n) is 6.05. The first-order valence-corrected chi connectivity index (χ1v) is 6.05. The zero-order chi connectivity index (χ0) is 14.9. The van der Waals surface area contributed by atoms with E-state index in [0.717, 1.165) is 17.8 Å². The fraction of sp³-hybridized carbons (Fsp3) is 0.357. The quantitative estimate of drug-likeness (QED) is 0.859. The Morgan fingerprint density at radius 2 is 1.95 bits per heavy atom. The monoisotopic (exact) mass is 284 g/mol. The number of nitrogens with zero attached hydrogens (tertiary/aromatic N) is 2. The lowest BCUT2D eigenvalue weighted by molar-refractivity contribution is -0.137. The summed E-state index contributed by atoms with van der Waals surface area (Å²) in [5, 5.41) is 0. The van der Waals surface area contributed by atoms with Crippen molar-refractivity contribution in [3.05, 3.63) is 53.1 Å². The number of halogens is 3. The average molecular weight is 284 g/mol. The highest BCUT2D eigenvalue weighted by molar-refractivity contribution is 5.28. The van der Waals surface area contributed by atoms with Crippen LogP contribution in [0.3, 0.4) is 0 Å². The van der Waals surface area contributed by atoms with E-state index < -0.39 is 18.0 Å². The molecule has 0 fully saturated rings. The van der Waals surface area contributed by atoms with Crippen LogP contribution >= 0.6 is 0 Å². The van der Waals surface area contributed by atoms with E-state index in [9.17, 15) is 13.2 Å². The molecule has 2 rings (SSSR count). The SMILES string of the molecule is COC(c1cccc(C(F)(F)F)c1)n1cc(C)nc1C. The van der Waals surface area contributed by atoms with Crippen molar-refractivity contribution in [1.82, 2.24) is 9.55 Å². The number of methoxy groups -OCH3 is 1. The lowest BCUT2D eigenvalue weighted by Crippen LogP contribution is -2.15. The summed E-state index contributed by atoms with van der Waals surface area (Å²) in [6, 6.07) is 5.13. The van der Waals surface area contributed by atoms with Crippen LogP contribution in [0.25, 0.3) is 0 Å². The maximum atomic E-state index is 12.8. The molecule has 0 spiro atoms. The molecule has 2 aromatic rings. The van der Waals surface area contributed by atoms with Crippen LogP contribution in [0.4, 0.5) is 13.2 Å². The number of hydrogen-bond donors (Lipinski definition) is 0. The van der Waals surface area contributed by atoms with E-state index in [0.29, 0.717) is 11.4 Å². The molecular formula is C14H15F3N2O. The second kappa shape index (κ2) is 5.28. The molecule has 0 aliphatic carbocycles. The third-order valence-electron chi connectivity index (χ3n) is 3.01. The lowest BCUT2D eigenvalue weighted by atomic mass is 10.1. The van der Waals surface area contributed by atoms with Crippen LogP contribution in [0.1, 0.15) is 28.9 Å². The molecule has 6 heteroatoms. The number of ether oxygens (including phenoxy) is 1. The van der Waals surface area contributed by atoms with E-state index in [1.807, 2.05) is 6.92 Å². The number of aryl methyl sites for hydroxylation is 2. The molecule has 0 radical (unpaired) electrons. The molecule has 0 saturated carbocycles. The van der Waals surface area contributed by atoms with E-state index in [1.54, 1.807) is 23.8 Å². The summed E-state index contributed by atoms with van der Waals surface area (Å²) in [6.45, 7) is 3.61. The highest BCUT2D eigenvalue weighted by Crippen LogP contribution is 2.32. The Bertz CT molecular complexity index is 605. The average Bonchev–Trinajstić information content (AvgIpc) is 2.69. The van der Waals surface area contributed by atoms with Crippen molar-refractivity contribution in [2.45, 2.75) is 26.3 Å². The van der Waals surface area contributed by atoms with Crippen molar-refractivity contribution < 1.29 is 17.9 Å². The highest BCUT2D eigenvalue weighted by atomic mass is 19.4. The first-order chi connectivity index (χ1) is 9.32. The van der Waals surface area contributed by atoms with Crippen LogP contribution in [0.15, 0.2) is 30.5 Å². The van der Waals surface area contributed by atoms with Crippen LogP contribution in [-0.2, 0) is 10.9 Å². The van der Waals surface area contributed by atoms with Crippen molar-refractivity contribution in [3.63, 3.8) is 0 Å². The third-order valence-corrected chi connectivity index (χ3v) is 3.01. The Kier molecular flexibility index (Phi) is 3.85. The Morgan fingerprint density at radius 1 is 1.25 bits per heavy atom. The molecule has 0 saturated heterocycles. The van der Waals surface area contributed by atoms with Gasteiger partial charge in [-0.05, 0) is 26.0 Å². The first kappa shape index (κ1) is 14.6. The predicted octanol–water partition coefficient (Wildman–Crippen LogP) is 3.71. The Labute approximate surface area is 115 Å². The van der Waals surface area contributed by atoms with Gasteiger partial charge >= 0.3 is 6.18 Å². The maximum absolute atomic E-state index is 12.8. The summed E-state index contributed by atoms with van der Waals surface area (Å²) < 4.78 is 45.3. The second-order valence-electron chi connectivity index (χ2n) is 4.55. The molecule has 20 heavy (non-hydrogen) atoms. The molecule has 1 aromatic carbocycles. The fourth-order valence-electron chi connectivity index (χ4n) is 2.15. The van der Waals surface area contributed by atoms with Crippen molar-refractivity contribution in [2.75, 3.05) is 7.11 Å². The van der Waals surface area contributed by atoms with E-state index in [4.69, 9.17) is 4.74 Å². The van der Waals surface area contributed by atoms with Gasteiger partial charge in [0.1, 0.15) is 5.82 Å². The van der Waals surface area contributed by atoms with Gasteiger partial charge in [-0.25, -0.2) is 4.98 Å². The molecule has 0 amide bonds. The summed E-state index contributed by atoms with van der Waals surface area (Å²) in [6.07, 6.45) is -3.24. The number of hydrogen-bond acceptors (Lipinski definition) is 2. The molecule has 1 unspecified atom stereocenters. The molecule has 1 heterocycles. The molecule has 1 atom stereocenters. The Balaban J connectivity index is 2.45. The van der Waals surface area contributed by atoms with Crippen LogP contribution in [0.2, 0.25) is 0 Å². The normalized spacial score (nSPS) is 13.5. The summed E-state index contributed by atoms with van der Waals surface area (Å²) in [5.41, 5.74) is 0.533. The van der Waals surface area contributed by atoms with E-state index >= 15 is 0 Å². The largest absolute Gasteiger partial charge is 0.416 e. The molecule has 3 nitrogen and oxygen atoms in total. The van der Waals surface area contributed by atoms with Crippen LogP contribution in [-0.4, -0.2) is 16.7 Å². The van der Waals surface area contributed by atoms with Gasteiger partial charge in [0.05, 0.1) is 11.3 Å². The molecule has 108 valence electrons. The molecule has 0 aliphatic rings. The van der Waals surface area contributed by atoms with Gasteiger partial charge in [-0.2, -0.15) is 13.2 Å². The maximum Gasteiger partial charge on any atom is 0.416 e. The minimum Gasteiger partial charge on any atom is -0.357 e. The fourth-order valence-corrected chi connectivity index (χ4v) is 2.15. The Hall–Kier alpha value is -1.82. The zero-order valence-corrected chi connectivity index (χ0v) is 11.4. The smallest absolute Gasteiger partial charge is 0.357 e. The lowest BCUT2D eigenvalue weighted by Gasteiger charge is -2.20. The van der Waals surface area contributed by atoms with Crippen LogP contribution < -0.4 is 0 Å². The van der Waals surface area contributed by atoms with Gasteiger partial charge in [0.25, 0.3) is 0 Å². The molecule has 0 bridgehead atoms. The van der Waals surface area contributed by atoms with Gasteiger partial charge < -0.3 is 9.30 Å². The highest BCUT2D eigenvalue weighted by Gasteiger charge is 2.31. The van der Waals surface area contributed by atoms with Crippen molar-refractivity contribution in [1.29, 1.82) is 0 Å². The van der Waals surface area contributed by atoms with Crippen LogP contribution in [0.5, 0.6) is 0 Å². The number of aromatic nitrogens is 2. The van der Waals surface area contributed by atoms with E-state index in [-0.39, 0.29) is 0 Å². The van der Waals surface area contributed by atoms with Gasteiger partial charge in [-0.15, -0.1) is 0 Å². The van der Waals surface area contributed by atoms with Crippen molar-refractivity contribution in [3.8, 4) is 0 Å². The standard InChI is InChI=1S/C14H15F3N2O/c1-9-8-19(10(2)18-9)13(20-3)11-5-4-6-12(7-11)14(15,16)17/h4-8,13H,1-3H3. The van der Waals surface area contributed by atoms with Gasteiger partial charge in [-0.3, -0.25) is 0 Å². The van der Waals surface area contributed by atoms with Crippen molar-refractivity contribution >= 4 is 0 Å². The second-order valence-corrected chi connectivity index (χ2v) is 4.55. The van der Waals surface area contributed by atoms with E-state index in [2.05, 4.69) is 4.98 Å². The van der Waals surface area contributed by atoms with Crippen LogP contribution in [0, 0.1) is 13.8 Å². The van der Waals surface area contributed by atoms with E-state index in [1.165, 1.54) is 13.2 Å². The number of benzene rings is 1. The predicted molar refractivity (Wildman–Crippen MR) is 68.3 cm³/mol. The van der Waals surface area contributed by atoms with Gasteiger partial charge in [0.2, 0.25) is 0 Å². The zero-order valence-electron chi connectivity index (χ0n) is 11.4. The molecule has 0 aliphatic heterocycles. The topological polar surface area (TPSA) is 27.1 Å². The van der Waals surface area contributed by atoms with Gasteiger partial charge in [0, 0.05) is 18.9 Å². The summed E-state index contributed by atoms with van der Waals surface area (Å²) in [4.78, 5) is 4.24. The third kappa shape index (κ3) is 2.85. The number of imidazole rings is 1. The minimum atomic E-state index is -4.37.